The lowest BCUT2D eigenvalue weighted by Crippen LogP contribution is -2.28. The summed E-state index contributed by atoms with van der Waals surface area (Å²) in [5, 5.41) is 12.2. The van der Waals surface area contributed by atoms with E-state index in [1.165, 1.54) is 0 Å². The van der Waals surface area contributed by atoms with E-state index < -0.39 is 0 Å². The number of halogens is 1. The average Bonchev–Trinajstić information content (AvgIpc) is 2.28. The zero-order chi connectivity index (χ0) is 12.0. The second kappa shape index (κ2) is 6.61. The van der Waals surface area contributed by atoms with Gasteiger partial charge in [0.2, 0.25) is 0 Å². The Morgan fingerprint density at radius 3 is 2.75 bits per heavy atom. The van der Waals surface area contributed by atoms with Crippen molar-refractivity contribution < 1.29 is 9.50 Å². The fraction of sp³-hybridized carbons (Fsp3) is 0.538. The van der Waals surface area contributed by atoms with Gasteiger partial charge in [-0.3, -0.25) is 0 Å². The Kier molecular flexibility index (Phi) is 5.43. The minimum absolute atomic E-state index is 0.158. The van der Waals surface area contributed by atoms with E-state index in [-0.39, 0.29) is 12.4 Å². The highest BCUT2D eigenvalue weighted by molar-refractivity contribution is 5.23. The van der Waals surface area contributed by atoms with Crippen molar-refractivity contribution in [2.45, 2.75) is 39.3 Å². The first-order valence-corrected chi connectivity index (χ1v) is 5.76. The van der Waals surface area contributed by atoms with Crippen LogP contribution < -0.4 is 5.32 Å². The van der Waals surface area contributed by atoms with Crippen LogP contribution in [0, 0.1) is 12.7 Å². The van der Waals surface area contributed by atoms with Crippen molar-refractivity contribution in [2.24, 2.45) is 0 Å². The molecule has 0 fully saturated rings. The zero-order valence-electron chi connectivity index (χ0n) is 9.96. The normalized spacial score (nSPS) is 12.8. The molecule has 1 aromatic rings. The van der Waals surface area contributed by atoms with E-state index in [0.717, 1.165) is 18.4 Å². The molecule has 90 valence electrons. The van der Waals surface area contributed by atoms with Crippen molar-refractivity contribution in [3.63, 3.8) is 0 Å². The molecule has 0 saturated heterocycles. The minimum atomic E-state index is -0.158. The maximum Gasteiger partial charge on any atom is 0.126 e. The maximum absolute atomic E-state index is 13.3. The third-order valence-electron chi connectivity index (χ3n) is 2.80. The molecule has 1 aromatic carbocycles. The number of hydrogen-bond acceptors (Lipinski definition) is 2. The van der Waals surface area contributed by atoms with Gasteiger partial charge >= 0.3 is 0 Å². The lowest BCUT2D eigenvalue weighted by molar-refractivity contribution is 0.262. The summed E-state index contributed by atoms with van der Waals surface area (Å²) in [6.07, 6.45) is 1.71. The number of rotatable bonds is 6. The summed E-state index contributed by atoms with van der Waals surface area (Å²) in [5.74, 6) is -0.158. The van der Waals surface area contributed by atoms with Gasteiger partial charge < -0.3 is 10.4 Å². The van der Waals surface area contributed by atoms with Gasteiger partial charge in [0.05, 0.1) is 0 Å². The largest absolute Gasteiger partial charge is 0.396 e. The van der Waals surface area contributed by atoms with Crippen molar-refractivity contribution in [3.8, 4) is 0 Å². The minimum Gasteiger partial charge on any atom is -0.396 e. The van der Waals surface area contributed by atoms with Gasteiger partial charge in [-0.15, -0.1) is 0 Å². The van der Waals surface area contributed by atoms with Gasteiger partial charge in [0, 0.05) is 19.2 Å². The number of aryl methyl sites for hydroxylation is 1. The summed E-state index contributed by atoms with van der Waals surface area (Å²) < 4.78 is 13.3. The van der Waals surface area contributed by atoms with Crippen LogP contribution in [0.5, 0.6) is 0 Å². The van der Waals surface area contributed by atoms with Gasteiger partial charge in [0.25, 0.3) is 0 Å². The fourth-order valence-electron chi connectivity index (χ4n) is 1.61. The molecule has 0 amide bonds. The quantitative estimate of drug-likeness (QED) is 0.779. The first-order chi connectivity index (χ1) is 7.67. The zero-order valence-corrected chi connectivity index (χ0v) is 9.96. The average molecular weight is 225 g/mol. The smallest absolute Gasteiger partial charge is 0.126 e. The summed E-state index contributed by atoms with van der Waals surface area (Å²) in [7, 11) is 0. The number of aliphatic hydroxyl groups excluding tert-OH is 1. The first kappa shape index (κ1) is 13.1. The van der Waals surface area contributed by atoms with Crippen LogP contribution in [0.25, 0.3) is 0 Å². The second-order valence-corrected chi connectivity index (χ2v) is 4.08. The van der Waals surface area contributed by atoms with E-state index in [1.54, 1.807) is 19.1 Å². The molecule has 0 heterocycles. The Labute approximate surface area is 96.5 Å². The number of aliphatic hydroxyl groups is 1. The van der Waals surface area contributed by atoms with E-state index in [9.17, 15) is 4.39 Å². The molecule has 0 aromatic heterocycles. The first-order valence-electron chi connectivity index (χ1n) is 5.76. The Hall–Kier alpha value is -0.930. The third kappa shape index (κ3) is 3.91. The molecule has 1 rings (SSSR count). The van der Waals surface area contributed by atoms with Crippen molar-refractivity contribution >= 4 is 0 Å². The van der Waals surface area contributed by atoms with Crippen LogP contribution in [-0.4, -0.2) is 17.8 Å². The third-order valence-corrected chi connectivity index (χ3v) is 2.80. The summed E-state index contributed by atoms with van der Waals surface area (Å²) >= 11 is 0. The molecule has 1 unspecified atom stereocenters. The molecule has 1 atom stereocenters. The lowest BCUT2D eigenvalue weighted by Gasteiger charge is -2.15. The van der Waals surface area contributed by atoms with Gasteiger partial charge in [-0.2, -0.15) is 0 Å². The van der Waals surface area contributed by atoms with E-state index >= 15 is 0 Å². The van der Waals surface area contributed by atoms with Gasteiger partial charge in [-0.1, -0.05) is 19.1 Å². The Morgan fingerprint density at radius 2 is 2.19 bits per heavy atom. The Morgan fingerprint density at radius 1 is 1.44 bits per heavy atom. The topological polar surface area (TPSA) is 32.3 Å². The molecule has 0 radical (unpaired) electrons. The Bertz CT molecular complexity index is 328. The standard InChI is InChI=1S/C13H20FNO/c1-3-12(6-7-16)15-9-11-5-4-10(2)13(14)8-11/h4-5,8,12,15-16H,3,6-7,9H2,1-2H3. The number of hydrogen-bond donors (Lipinski definition) is 2. The van der Waals surface area contributed by atoms with Crippen LogP contribution in [0.3, 0.4) is 0 Å². The monoisotopic (exact) mass is 225 g/mol. The molecule has 2 nitrogen and oxygen atoms in total. The predicted octanol–water partition coefficient (Wildman–Crippen LogP) is 2.38. The highest BCUT2D eigenvalue weighted by Gasteiger charge is 2.05. The molecule has 0 bridgehead atoms. The van der Waals surface area contributed by atoms with E-state index in [1.807, 2.05) is 6.07 Å². The van der Waals surface area contributed by atoms with Crippen LogP contribution in [0.1, 0.15) is 30.9 Å². The van der Waals surface area contributed by atoms with Gasteiger partial charge in [-0.25, -0.2) is 4.39 Å². The fourth-order valence-corrected chi connectivity index (χ4v) is 1.61. The van der Waals surface area contributed by atoms with Crippen molar-refractivity contribution in [2.75, 3.05) is 6.61 Å². The highest BCUT2D eigenvalue weighted by atomic mass is 19.1. The van der Waals surface area contributed by atoms with Gasteiger partial charge in [-0.05, 0) is 37.0 Å². The van der Waals surface area contributed by atoms with Crippen molar-refractivity contribution in [1.82, 2.24) is 5.32 Å². The van der Waals surface area contributed by atoms with Gasteiger partial charge in [0.1, 0.15) is 5.82 Å². The molecule has 16 heavy (non-hydrogen) atoms. The van der Waals surface area contributed by atoms with Crippen molar-refractivity contribution in [1.29, 1.82) is 0 Å². The highest BCUT2D eigenvalue weighted by Crippen LogP contribution is 2.09. The SMILES string of the molecule is CCC(CCO)NCc1ccc(C)c(F)c1. The Balaban J connectivity index is 2.50. The molecule has 0 aliphatic rings. The molecule has 3 heteroatoms. The molecule has 0 aliphatic carbocycles. The van der Waals surface area contributed by atoms with Gasteiger partial charge in [0.15, 0.2) is 0 Å². The van der Waals surface area contributed by atoms with E-state index in [0.29, 0.717) is 18.2 Å². The number of nitrogens with one attached hydrogen (secondary N) is 1. The van der Waals surface area contributed by atoms with Crippen LogP contribution in [0.15, 0.2) is 18.2 Å². The summed E-state index contributed by atoms with van der Waals surface area (Å²) in [6, 6.07) is 5.58. The molecule has 0 saturated carbocycles. The molecule has 2 N–H and O–H groups in total. The van der Waals surface area contributed by atoms with Crippen LogP contribution in [0.2, 0.25) is 0 Å². The maximum atomic E-state index is 13.3. The lowest BCUT2D eigenvalue weighted by atomic mass is 10.1. The van der Waals surface area contributed by atoms with Crippen LogP contribution >= 0.6 is 0 Å². The van der Waals surface area contributed by atoms with Crippen LogP contribution in [0.4, 0.5) is 4.39 Å². The summed E-state index contributed by atoms with van der Waals surface area (Å²) in [4.78, 5) is 0. The molecule has 0 aliphatic heterocycles. The van der Waals surface area contributed by atoms with E-state index in [2.05, 4.69) is 12.2 Å². The molecule has 0 spiro atoms. The predicted molar refractivity (Wildman–Crippen MR) is 63.8 cm³/mol. The van der Waals surface area contributed by atoms with Crippen LogP contribution in [-0.2, 0) is 6.54 Å². The van der Waals surface area contributed by atoms with Crippen molar-refractivity contribution in [3.05, 3.63) is 35.1 Å². The van der Waals surface area contributed by atoms with E-state index in [4.69, 9.17) is 5.11 Å². The number of benzene rings is 1. The summed E-state index contributed by atoms with van der Waals surface area (Å²) in [6.45, 7) is 4.67. The summed E-state index contributed by atoms with van der Waals surface area (Å²) in [5.41, 5.74) is 1.62. The molecular formula is C13H20FNO. The second-order valence-electron chi connectivity index (χ2n) is 4.08. The molecular weight excluding hydrogens is 205 g/mol.